The van der Waals surface area contributed by atoms with E-state index in [2.05, 4.69) is 5.32 Å². The van der Waals surface area contributed by atoms with Gasteiger partial charge in [0.05, 0.1) is 12.7 Å². The van der Waals surface area contributed by atoms with Gasteiger partial charge in [-0.1, -0.05) is 29.8 Å². The number of methoxy groups -OCH3 is 1. The highest BCUT2D eigenvalue weighted by molar-refractivity contribution is 5.77. The van der Waals surface area contributed by atoms with Crippen LogP contribution in [-0.2, 0) is 11.2 Å². The molecular weight excluding hydrogens is 318 g/mol. The molecule has 2 N–H and O–H groups in total. The van der Waals surface area contributed by atoms with Crippen molar-refractivity contribution in [2.24, 2.45) is 0 Å². The molecule has 0 fully saturated rings. The molecular formula is C20H25NO4. The zero-order valence-electron chi connectivity index (χ0n) is 14.9. The van der Waals surface area contributed by atoms with Crippen LogP contribution in [0.15, 0.2) is 48.5 Å². The maximum Gasteiger partial charge on any atom is 0.258 e. The van der Waals surface area contributed by atoms with Crippen LogP contribution in [0.5, 0.6) is 11.5 Å². The van der Waals surface area contributed by atoms with E-state index >= 15 is 0 Å². The SMILES string of the molecule is COc1ccc(CC(C)(O)CNC(=O)COc2ccc(C)cc2)cc1. The Kier molecular flexibility index (Phi) is 6.42. The van der Waals surface area contributed by atoms with Gasteiger partial charge in [-0.2, -0.15) is 0 Å². The lowest BCUT2D eigenvalue weighted by Gasteiger charge is -2.24. The van der Waals surface area contributed by atoms with Crippen LogP contribution in [-0.4, -0.2) is 36.9 Å². The van der Waals surface area contributed by atoms with Gasteiger partial charge < -0.3 is 19.9 Å². The topological polar surface area (TPSA) is 67.8 Å². The van der Waals surface area contributed by atoms with Crippen molar-refractivity contribution in [3.8, 4) is 11.5 Å². The number of aryl methyl sites for hydroxylation is 1. The first-order valence-electron chi connectivity index (χ1n) is 8.19. The molecule has 0 saturated heterocycles. The number of hydrogen-bond donors (Lipinski definition) is 2. The number of carbonyl (C=O) groups excluding carboxylic acids is 1. The number of ether oxygens (including phenoxy) is 2. The Balaban J connectivity index is 1.77. The predicted molar refractivity (Wildman–Crippen MR) is 97.0 cm³/mol. The van der Waals surface area contributed by atoms with E-state index in [0.717, 1.165) is 16.9 Å². The molecule has 5 heteroatoms. The zero-order valence-corrected chi connectivity index (χ0v) is 14.9. The Morgan fingerprint density at radius 2 is 1.68 bits per heavy atom. The van der Waals surface area contributed by atoms with E-state index in [-0.39, 0.29) is 19.1 Å². The molecule has 0 aliphatic carbocycles. The van der Waals surface area contributed by atoms with Crippen LogP contribution in [0, 0.1) is 6.92 Å². The van der Waals surface area contributed by atoms with Crippen molar-refractivity contribution in [3.63, 3.8) is 0 Å². The Labute approximate surface area is 148 Å². The van der Waals surface area contributed by atoms with Gasteiger partial charge in [-0.25, -0.2) is 0 Å². The number of rotatable bonds is 8. The summed E-state index contributed by atoms with van der Waals surface area (Å²) in [6, 6.07) is 15.0. The van der Waals surface area contributed by atoms with E-state index in [9.17, 15) is 9.90 Å². The molecule has 0 aliphatic heterocycles. The second-order valence-corrected chi connectivity index (χ2v) is 6.40. The summed E-state index contributed by atoms with van der Waals surface area (Å²) in [4.78, 5) is 11.9. The quantitative estimate of drug-likeness (QED) is 0.773. The lowest BCUT2D eigenvalue weighted by Crippen LogP contribution is -2.43. The minimum Gasteiger partial charge on any atom is -0.497 e. The van der Waals surface area contributed by atoms with Crippen LogP contribution in [0.1, 0.15) is 18.1 Å². The van der Waals surface area contributed by atoms with Gasteiger partial charge in [-0.15, -0.1) is 0 Å². The summed E-state index contributed by atoms with van der Waals surface area (Å²) in [5, 5.41) is 13.2. The highest BCUT2D eigenvalue weighted by atomic mass is 16.5. The molecule has 1 amide bonds. The maximum atomic E-state index is 11.9. The van der Waals surface area contributed by atoms with Crippen molar-refractivity contribution >= 4 is 5.91 Å². The van der Waals surface area contributed by atoms with Gasteiger partial charge in [0.2, 0.25) is 0 Å². The fourth-order valence-corrected chi connectivity index (χ4v) is 2.37. The first kappa shape index (κ1) is 18.8. The van der Waals surface area contributed by atoms with Crippen molar-refractivity contribution in [2.45, 2.75) is 25.9 Å². The largest absolute Gasteiger partial charge is 0.497 e. The van der Waals surface area contributed by atoms with E-state index < -0.39 is 5.60 Å². The van der Waals surface area contributed by atoms with Gasteiger partial charge in [-0.3, -0.25) is 4.79 Å². The molecule has 0 spiro atoms. The molecule has 0 saturated carbocycles. The van der Waals surface area contributed by atoms with E-state index in [4.69, 9.17) is 9.47 Å². The van der Waals surface area contributed by atoms with Crippen molar-refractivity contribution in [1.29, 1.82) is 0 Å². The third-order valence-corrected chi connectivity index (χ3v) is 3.80. The number of aliphatic hydroxyl groups is 1. The summed E-state index contributed by atoms with van der Waals surface area (Å²) in [7, 11) is 1.61. The Bertz CT molecular complexity index is 678. The lowest BCUT2D eigenvalue weighted by atomic mass is 9.96. The minimum absolute atomic E-state index is 0.0817. The Morgan fingerprint density at radius 1 is 1.08 bits per heavy atom. The summed E-state index contributed by atoms with van der Waals surface area (Å²) < 4.78 is 10.5. The molecule has 0 heterocycles. The number of carbonyl (C=O) groups is 1. The van der Waals surface area contributed by atoms with Gasteiger partial charge in [0.1, 0.15) is 11.5 Å². The van der Waals surface area contributed by atoms with Crippen molar-refractivity contribution in [1.82, 2.24) is 5.32 Å². The van der Waals surface area contributed by atoms with Crippen LogP contribution >= 0.6 is 0 Å². The van der Waals surface area contributed by atoms with Crippen LogP contribution in [0.25, 0.3) is 0 Å². The Morgan fingerprint density at radius 3 is 2.28 bits per heavy atom. The standard InChI is InChI=1S/C20H25NO4/c1-15-4-8-18(9-5-15)25-13-19(22)21-14-20(2,23)12-16-6-10-17(24-3)11-7-16/h4-11,23H,12-14H2,1-3H3,(H,21,22). The van der Waals surface area contributed by atoms with Crippen molar-refractivity contribution in [2.75, 3.05) is 20.3 Å². The number of hydrogen-bond acceptors (Lipinski definition) is 4. The van der Waals surface area contributed by atoms with Gasteiger partial charge >= 0.3 is 0 Å². The van der Waals surface area contributed by atoms with E-state index in [1.807, 2.05) is 55.5 Å². The summed E-state index contributed by atoms with van der Waals surface area (Å²) in [5.74, 6) is 1.14. The average Bonchev–Trinajstić information content (AvgIpc) is 2.60. The zero-order chi connectivity index (χ0) is 18.3. The second-order valence-electron chi connectivity index (χ2n) is 6.40. The first-order valence-corrected chi connectivity index (χ1v) is 8.19. The fraction of sp³-hybridized carbons (Fsp3) is 0.350. The van der Waals surface area contributed by atoms with Crippen LogP contribution < -0.4 is 14.8 Å². The summed E-state index contributed by atoms with van der Waals surface area (Å²) in [5.41, 5.74) is 1.05. The molecule has 0 bridgehead atoms. The van der Waals surface area contributed by atoms with E-state index in [1.165, 1.54) is 0 Å². The van der Waals surface area contributed by atoms with Gasteiger partial charge in [0.25, 0.3) is 5.91 Å². The third-order valence-electron chi connectivity index (χ3n) is 3.80. The summed E-state index contributed by atoms with van der Waals surface area (Å²) >= 11 is 0. The van der Waals surface area contributed by atoms with Crippen molar-refractivity contribution in [3.05, 3.63) is 59.7 Å². The molecule has 0 aromatic heterocycles. The predicted octanol–water partition coefficient (Wildman–Crippen LogP) is 2.49. The fourth-order valence-electron chi connectivity index (χ4n) is 2.37. The molecule has 0 aliphatic rings. The molecule has 2 aromatic rings. The van der Waals surface area contributed by atoms with Gasteiger partial charge in [-0.05, 0) is 43.7 Å². The van der Waals surface area contributed by atoms with Crippen LogP contribution in [0.4, 0.5) is 0 Å². The van der Waals surface area contributed by atoms with Crippen LogP contribution in [0.3, 0.4) is 0 Å². The number of nitrogens with one attached hydrogen (secondary N) is 1. The monoisotopic (exact) mass is 343 g/mol. The normalized spacial score (nSPS) is 13.0. The number of amides is 1. The third kappa shape index (κ3) is 6.47. The van der Waals surface area contributed by atoms with Gasteiger partial charge in [0.15, 0.2) is 6.61 Å². The van der Waals surface area contributed by atoms with E-state index in [0.29, 0.717) is 12.2 Å². The molecule has 134 valence electrons. The highest BCUT2D eigenvalue weighted by Crippen LogP contribution is 2.16. The molecule has 2 rings (SSSR count). The molecule has 1 unspecified atom stereocenters. The Hall–Kier alpha value is -2.53. The van der Waals surface area contributed by atoms with E-state index in [1.54, 1.807) is 14.0 Å². The second kappa shape index (κ2) is 8.53. The van der Waals surface area contributed by atoms with Crippen LogP contribution in [0.2, 0.25) is 0 Å². The molecule has 0 radical (unpaired) electrons. The summed E-state index contributed by atoms with van der Waals surface area (Å²) in [6.07, 6.45) is 0.427. The highest BCUT2D eigenvalue weighted by Gasteiger charge is 2.22. The first-order chi connectivity index (χ1) is 11.9. The smallest absolute Gasteiger partial charge is 0.258 e. The molecule has 1 atom stereocenters. The van der Waals surface area contributed by atoms with Gasteiger partial charge in [0, 0.05) is 13.0 Å². The lowest BCUT2D eigenvalue weighted by molar-refractivity contribution is -0.124. The molecule has 25 heavy (non-hydrogen) atoms. The minimum atomic E-state index is -1.05. The average molecular weight is 343 g/mol. The molecule has 5 nitrogen and oxygen atoms in total. The number of benzene rings is 2. The van der Waals surface area contributed by atoms with Crippen molar-refractivity contribution < 1.29 is 19.4 Å². The molecule has 2 aromatic carbocycles. The maximum absolute atomic E-state index is 11.9. The summed E-state index contributed by atoms with van der Waals surface area (Å²) in [6.45, 7) is 3.75.